The van der Waals surface area contributed by atoms with Crippen LogP contribution >= 0.6 is 11.8 Å². The van der Waals surface area contributed by atoms with Crippen LogP contribution in [0.1, 0.15) is 41.0 Å². The normalized spacial score (nSPS) is 15.4. The molecule has 35 heavy (non-hydrogen) atoms. The number of amides is 3. The lowest BCUT2D eigenvalue weighted by Gasteiger charge is -2.16. The minimum Gasteiger partial charge on any atom is -0.350 e. The molecule has 4 rings (SSSR count). The number of thioether (sulfide) groups is 1. The standard InChI is InChI=1S/C27H32N4O3S/c1-27(2)25(33)31(26(34)35-27)15-12-18-10-11-22-21(16-18)20(13-14-30(3)4)23(29-22)24(32)28-17-19-8-6-5-7-9-19/h5-11,16,29H,12-15,17H2,1-4H3,(H,28,32). The number of benzene rings is 2. The van der Waals surface area contributed by atoms with E-state index in [1.807, 2.05) is 56.6 Å². The number of carbonyl (C=O) groups is 3. The molecule has 184 valence electrons. The van der Waals surface area contributed by atoms with Gasteiger partial charge in [0.05, 0.1) is 4.75 Å². The topological polar surface area (TPSA) is 85.5 Å². The molecule has 1 aromatic heterocycles. The number of imide groups is 1. The predicted octanol–water partition coefficient (Wildman–Crippen LogP) is 4.22. The third-order valence-electron chi connectivity index (χ3n) is 6.25. The number of carbonyl (C=O) groups excluding carboxylic acids is 3. The molecule has 3 amide bonds. The van der Waals surface area contributed by atoms with E-state index in [2.05, 4.69) is 21.3 Å². The number of aromatic nitrogens is 1. The molecular weight excluding hydrogens is 460 g/mol. The number of aromatic amines is 1. The Labute approximate surface area is 210 Å². The van der Waals surface area contributed by atoms with Crippen molar-refractivity contribution in [3.05, 3.63) is 70.9 Å². The van der Waals surface area contributed by atoms with Gasteiger partial charge in [-0.1, -0.05) is 36.4 Å². The number of hydrogen-bond acceptors (Lipinski definition) is 5. The van der Waals surface area contributed by atoms with Crippen LogP contribution in [0.25, 0.3) is 10.9 Å². The van der Waals surface area contributed by atoms with Crippen LogP contribution in [0.3, 0.4) is 0 Å². The highest BCUT2D eigenvalue weighted by Crippen LogP contribution is 2.36. The summed E-state index contributed by atoms with van der Waals surface area (Å²) < 4.78 is -0.705. The molecular formula is C27H32N4O3S. The summed E-state index contributed by atoms with van der Waals surface area (Å²) >= 11 is 1.08. The zero-order chi connectivity index (χ0) is 25.2. The van der Waals surface area contributed by atoms with Crippen LogP contribution in [0.2, 0.25) is 0 Å². The van der Waals surface area contributed by atoms with Gasteiger partial charge in [-0.05, 0) is 81.4 Å². The van der Waals surface area contributed by atoms with Crippen LogP contribution in [-0.4, -0.2) is 63.8 Å². The molecule has 2 N–H and O–H groups in total. The fraction of sp³-hybridized carbons (Fsp3) is 0.370. The molecule has 0 aliphatic carbocycles. The zero-order valence-electron chi connectivity index (χ0n) is 20.7. The van der Waals surface area contributed by atoms with Crippen molar-refractivity contribution in [3.63, 3.8) is 0 Å². The van der Waals surface area contributed by atoms with Gasteiger partial charge in [0.25, 0.3) is 11.1 Å². The van der Waals surface area contributed by atoms with Crippen molar-refractivity contribution < 1.29 is 14.4 Å². The van der Waals surface area contributed by atoms with Gasteiger partial charge in [0.1, 0.15) is 5.69 Å². The average Bonchev–Trinajstić information content (AvgIpc) is 3.28. The Morgan fingerprint density at radius 2 is 1.80 bits per heavy atom. The molecule has 8 heteroatoms. The highest BCUT2D eigenvalue weighted by molar-refractivity contribution is 8.16. The number of likely N-dealkylation sites (N-methyl/N-ethyl adjacent to an activating group) is 1. The summed E-state index contributed by atoms with van der Waals surface area (Å²) in [6.07, 6.45) is 1.29. The maximum absolute atomic E-state index is 13.1. The minimum absolute atomic E-state index is 0.132. The quantitative estimate of drug-likeness (QED) is 0.467. The van der Waals surface area contributed by atoms with E-state index in [0.717, 1.165) is 52.3 Å². The lowest BCUT2D eigenvalue weighted by molar-refractivity contribution is -0.128. The fourth-order valence-corrected chi connectivity index (χ4v) is 5.18. The van der Waals surface area contributed by atoms with E-state index in [-0.39, 0.29) is 17.1 Å². The third-order valence-corrected chi connectivity index (χ3v) is 7.33. The van der Waals surface area contributed by atoms with Crippen LogP contribution in [0.15, 0.2) is 48.5 Å². The second kappa shape index (κ2) is 10.3. The van der Waals surface area contributed by atoms with Gasteiger partial charge in [-0.3, -0.25) is 19.3 Å². The molecule has 1 fully saturated rings. The Kier molecular flexibility index (Phi) is 7.33. The summed E-state index contributed by atoms with van der Waals surface area (Å²) in [4.78, 5) is 44.7. The molecule has 7 nitrogen and oxygen atoms in total. The van der Waals surface area contributed by atoms with E-state index in [1.54, 1.807) is 13.8 Å². The highest BCUT2D eigenvalue weighted by atomic mass is 32.2. The largest absolute Gasteiger partial charge is 0.350 e. The smallest absolute Gasteiger partial charge is 0.289 e. The van der Waals surface area contributed by atoms with Gasteiger partial charge >= 0.3 is 0 Å². The number of H-pyrrole nitrogens is 1. The van der Waals surface area contributed by atoms with E-state index >= 15 is 0 Å². The zero-order valence-corrected chi connectivity index (χ0v) is 21.5. The summed E-state index contributed by atoms with van der Waals surface area (Å²) in [5, 5.41) is 3.85. The van der Waals surface area contributed by atoms with Crippen molar-refractivity contribution >= 4 is 39.7 Å². The monoisotopic (exact) mass is 492 g/mol. The maximum Gasteiger partial charge on any atom is 0.289 e. The summed E-state index contributed by atoms with van der Waals surface area (Å²) in [6, 6.07) is 15.9. The predicted molar refractivity (Wildman–Crippen MR) is 141 cm³/mol. The molecule has 0 spiro atoms. The number of fused-ring (bicyclic) bond motifs is 1. The Morgan fingerprint density at radius 1 is 1.06 bits per heavy atom. The van der Waals surface area contributed by atoms with Gasteiger partial charge in [-0.25, -0.2) is 0 Å². The van der Waals surface area contributed by atoms with Crippen LogP contribution in [-0.2, 0) is 24.2 Å². The third kappa shape index (κ3) is 5.60. The van der Waals surface area contributed by atoms with E-state index in [0.29, 0.717) is 25.2 Å². The molecule has 2 heterocycles. The molecule has 1 aliphatic heterocycles. The van der Waals surface area contributed by atoms with E-state index < -0.39 is 4.75 Å². The molecule has 3 aromatic rings. The van der Waals surface area contributed by atoms with Crippen LogP contribution < -0.4 is 5.32 Å². The van der Waals surface area contributed by atoms with E-state index in [4.69, 9.17) is 0 Å². The Balaban J connectivity index is 1.56. The molecule has 1 saturated heterocycles. The molecule has 0 atom stereocenters. The molecule has 2 aromatic carbocycles. The highest BCUT2D eigenvalue weighted by Gasteiger charge is 2.45. The van der Waals surface area contributed by atoms with E-state index in [1.165, 1.54) is 4.90 Å². The first-order valence-corrected chi connectivity index (χ1v) is 12.6. The van der Waals surface area contributed by atoms with Crippen LogP contribution in [0, 0.1) is 0 Å². The molecule has 0 saturated carbocycles. The number of hydrogen-bond donors (Lipinski definition) is 2. The van der Waals surface area contributed by atoms with Gasteiger partial charge in [0.2, 0.25) is 5.91 Å². The maximum atomic E-state index is 13.1. The summed E-state index contributed by atoms with van der Waals surface area (Å²) in [5.74, 6) is -0.271. The van der Waals surface area contributed by atoms with Crippen molar-refractivity contribution in [3.8, 4) is 0 Å². The second-order valence-electron chi connectivity index (χ2n) is 9.67. The summed E-state index contributed by atoms with van der Waals surface area (Å²) in [6.45, 7) is 5.18. The summed E-state index contributed by atoms with van der Waals surface area (Å²) in [5.41, 5.74) is 4.53. The lowest BCUT2D eigenvalue weighted by atomic mass is 10.0. The van der Waals surface area contributed by atoms with Crippen molar-refractivity contribution in [2.45, 2.75) is 38.0 Å². The number of nitrogens with zero attached hydrogens (tertiary/aromatic N) is 2. The van der Waals surface area contributed by atoms with Crippen molar-refractivity contribution in [1.82, 2.24) is 20.1 Å². The van der Waals surface area contributed by atoms with Gasteiger partial charge in [-0.2, -0.15) is 0 Å². The van der Waals surface area contributed by atoms with Gasteiger partial charge in [-0.15, -0.1) is 0 Å². The van der Waals surface area contributed by atoms with Gasteiger partial charge < -0.3 is 15.2 Å². The molecule has 0 bridgehead atoms. The van der Waals surface area contributed by atoms with Crippen molar-refractivity contribution in [2.75, 3.05) is 27.2 Å². The van der Waals surface area contributed by atoms with Crippen LogP contribution in [0.4, 0.5) is 4.79 Å². The Morgan fingerprint density at radius 3 is 2.46 bits per heavy atom. The minimum atomic E-state index is -0.705. The summed E-state index contributed by atoms with van der Waals surface area (Å²) in [7, 11) is 4.03. The Bertz CT molecular complexity index is 1250. The van der Waals surface area contributed by atoms with Crippen LogP contribution in [0.5, 0.6) is 0 Å². The first kappa shape index (κ1) is 25.0. The SMILES string of the molecule is CN(C)CCc1c(C(=O)NCc2ccccc2)[nH]c2ccc(CCN3C(=O)SC(C)(C)C3=O)cc12. The Hall–Kier alpha value is -3.10. The molecule has 1 aliphatic rings. The van der Waals surface area contributed by atoms with Gasteiger partial charge in [0.15, 0.2) is 0 Å². The lowest BCUT2D eigenvalue weighted by Crippen LogP contribution is -2.36. The molecule has 0 unspecified atom stereocenters. The average molecular weight is 493 g/mol. The van der Waals surface area contributed by atoms with Crippen molar-refractivity contribution in [1.29, 1.82) is 0 Å². The fourth-order valence-electron chi connectivity index (χ4n) is 4.26. The van der Waals surface area contributed by atoms with E-state index in [9.17, 15) is 14.4 Å². The number of rotatable bonds is 9. The number of nitrogens with one attached hydrogen (secondary N) is 2. The first-order chi connectivity index (χ1) is 16.7. The van der Waals surface area contributed by atoms with Crippen molar-refractivity contribution in [2.24, 2.45) is 0 Å². The first-order valence-electron chi connectivity index (χ1n) is 11.8. The second-order valence-corrected chi connectivity index (χ2v) is 11.2. The van der Waals surface area contributed by atoms with Gasteiger partial charge in [0, 0.05) is 30.5 Å². The molecule has 0 radical (unpaired) electrons.